The number of phenolic OH excluding ortho intramolecular Hbond substituents is 1. The normalized spacial score (nSPS) is 11.9. The van der Waals surface area contributed by atoms with Crippen LogP contribution in [0.3, 0.4) is 0 Å². The van der Waals surface area contributed by atoms with Crippen molar-refractivity contribution in [2.24, 2.45) is 10.7 Å². The number of nitrogens with zero attached hydrogens (tertiary/aromatic N) is 1. The lowest BCUT2D eigenvalue weighted by atomic mass is 10.2. The highest BCUT2D eigenvalue weighted by Crippen LogP contribution is 2.26. The molecule has 2 amide bonds. The maximum absolute atomic E-state index is 12.8. The second kappa shape index (κ2) is 11.5. The minimum absolute atomic E-state index is 0.0128. The van der Waals surface area contributed by atoms with Crippen LogP contribution in [0.2, 0.25) is 0 Å². The number of esters is 1. The highest BCUT2D eigenvalue weighted by molar-refractivity contribution is 8.14. The second-order valence-corrected chi connectivity index (χ2v) is 7.35. The molecule has 2 aromatic carbocycles. The van der Waals surface area contributed by atoms with E-state index in [4.69, 9.17) is 10.5 Å². The number of hydrogen-bond donors (Lipinski definition) is 4. The molecule has 10 nitrogen and oxygen atoms in total. The maximum atomic E-state index is 12.8. The van der Waals surface area contributed by atoms with E-state index in [0.717, 1.165) is 11.8 Å². The summed E-state index contributed by atoms with van der Waals surface area (Å²) < 4.78 is 5.31. The van der Waals surface area contributed by atoms with Gasteiger partial charge in [-0.05, 0) is 24.3 Å². The topological polar surface area (TPSA) is 160 Å². The van der Waals surface area contributed by atoms with Gasteiger partial charge in [-0.15, -0.1) is 0 Å². The summed E-state index contributed by atoms with van der Waals surface area (Å²) in [6.07, 6.45) is 0. The van der Waals surface area contributed by atoms with Crippen LogP contribution in [0.4, 0.5) is 0 Å². The Bertz CT molecular complexity index is 1060. The van der Waals surface area contributed by atoms with E-state index in [2.05, 4.69) is 15.6 Å². The Morgan fingerprint density at radius 1 is 1.09 bits per heavy atom. The minimum Gasteiger partial charge on any atom is -0.507 e. The summed E-state index contributed by atoms with van der Waals surface area (Å²) in [5.41, 5.74) is 5.51. The largest absolute Gasteiger partial charge is 0.507 e. The first-order valence-electron chi connectivity index (χ1n) is 9.29. The molecule has 5 N–H and O–H groups in total. The molecule has 0 aliphatic heterocycles. The zero-order valence-electron chi connectivity index (χ0n) is 17.3. The molecule has 1 atom stereocenters. The lowest BCUT2D eigenvalue weighted by Crippen LogP contribution is -2.51. The lowest BCUT2D eigenvalue weighted by molar-refractivity contribution is -0.126. The van der Waals surface area contributed by atoms with E-state index in [1.54, 1.807) is 24.3 Å². The van der Waals surface area contributed by atoms with Crippen LogP contribution in [-0.4, -0.2) is 52.8 Å². The summed E-state index contributed by atoms with van der Waals surface area (Å²) in [7, 11) is 1.38. The molecular weight excluding hydrogens is 436 g/mol. The summed E-state index contributed by atoms with van der Waals surface area (Å²) in [5, 5.41) is 14.1. The number of hydrogen-bond acceptors (Lipinski definition) is 8. The number of para-hydroxylation sites is 2. The number of rotatable bonds is 7. The average molecular weight is 458 g/mol. The second-order valence-electron chi connectivity index (χ2n) is 6.35. The predicted molar refractivity (Wildman–Crippen MR) is 120 cm³/mol. The van der Waals surface area contributed by atoms with Crippen LogP contribution >= 0.6 is 11.8 Å². The Balaban J connectivity index is 2.14. The Morgan fingerprint density at radius 2 is 1.72 bits per heavy atom. The van der Waals surface area contributed by atoms with Crippen LogP contribution in [0, 0.1) is 0 Å². The van der Waals surface area contributed by atoms with Crippen molar-refractivity contribution >= 4 is 40.6 Å². The molecule has 0 saturated carbocycles. The molecule has 2 aromatic rings. The number of nitrogens with one attached hydrogen (secondary N) is 2. The fourth-order valence-electron chi connectivity index (χ4n) is 2.46. The molecule has 0 radical (unpaired) electrons. The van der Waals surface area contributed by atoms with Gasteiger partial charge < -0.3 is 20.9 Å². The van der Waals surface area contributed by atoms with Crippen molar-refractivity contribution in [1.82, 2.24) is 10.6 Å². The lowest BCUT2D eigenvalue weighted by Gasteiger charge is -2.17. The van der Waals surface area contributed by atoms with E-state index >= 15 is 0 Å². The third-order valence-corrected chi connectivity index (χ3v) is 4.98. The van der Waals surface area contributed by atoms with E-state index in [1.165, 1.54) is 38.2 Å². The van der Waals surface area contributed by atoms with E-state index in [1.807, 2.05) is 0 Å². The molecule has 0 spiro atoms. The smallest absolute Gasteiger partial charge is 0.347 e. The number of thioether (sulfide) groups is 1. The van der Waals surface area contributed by atoms with Gasteiger partial charge in [0.05, 0.1) is 5.56 Å². The number of amides is 2. The molecule has 0 aliphatic carbocycles. The Hall–Kier alpha value is -3.86. The molecule has 0 aliphatic rings. The Morgan fingerprint density at radius 3 is 2.34 bits per heavy atom. The molecule has 0 saturated heterocycles. The third kappa shape index (κ3) is 6.84. The van der Waals surface area contributed by atoms with Crippen LogP contribution in [0.1, 0.15) is 27.6 Å². The van der Waals surface area contributed by atoms with E-state index < -0.39 is 28.9 Å². The molecule has 0 aromatic heterocycles. The summed E-state index contributed by atoms with van der Waals surface area (Å²) in [4.78, 5) is 52.5. The Kier molecular flexibility index (Phi) is 8.78. The van der Waals surface area contributed by atoms with Gasteiger partial charge in [-0.3, -0.25) is 24.7 Å². The monoisotopic (exact) mass is 458 g/mol. The quantitative estimate of drug-likeness (QED) is 0.207. The van der Waals surface area contributed by atoms with Crippen molar-refractivity contribution < 1.29 is 29.0 Å². The predicted octanol–water partition coefficient (Wildman–Crippen LogP) is 1.05. The number of benzene rings is 2. The summed E-state index contributed by atoms with van der Waals surface area (Å²) in [5.74, 6) is -2.45. The van der Waals surface area contributed by atoms with Crippen LogP contribution in [0.5, 0.6) is 11.5 Å². The number of aromatic hydroxyl groups is 1. The molecule has 168 valence electrons. The molecule has 2 rings (SSSR count). The SMILES string of the molecule is CN=C(N)NC(=O)C(CSC(=O)c1ccccc1OC(=O)c1ccccc1O)NC(C)=O. The Labute approximate surface area is 188 Å². The van der Waals surface area contributed by atoms with Crippen molar-refractivity contribution in [3.63, 3.8) is 0 Å². The van der Waals surface area contributed by atoms with Crippen LogP contribution in [-0.2, 0) is 9.59 Å². The zero-order chi connectivity index (χ0) is 23.7. The van der Waals surface area contributed by atoms with Crippen molar-refractivity contribution in [2.45, 2.75) is 13.0 Å². The summed E-state index contributed by atoms with van der Waals surface area (Å²) in [6, 6.07) is 10.8. The number of aliphatic imine (C=N–C) groups is 1. The standard InChI is InChI=1S/C21H22N4O6S/c1-12(26)24-15(18(28)25-21(22)23-2)11-32-20(30)14-8-4-6-10-17(14)31-19(29)13-7-3-5-9-16(13)27/h3-10,15,27H,11H2,1-2H3,(H,24,26)(H3,22,23,25,28). The number of nitrogens with two attached hydrogens (primary N) is 1. The molecule has 11 heteroatoms. The number of carbonyl (C=O) groups is 4. The van der Waals surface area contributed by atoms with Gasteiger partial charge in [0.15, 0.2) is 5.96 Å². The highest BCUT2D eigenvalue weighted by atomic mass is 32.2. The zero-order valence-corrected chi connectivity index (χ0v) is 18.1. The van der Waals surface area contributed by atoms with Crippen LogP contribution in [0.25, 0.3) is 0 Å². The number of ether oxygens (including phenoxy) is 1. The van der Waals surface area contributed by atoms with Crippen molar-refractivity contribution in [1.29, 1.82) is 0 Å². The summed E-state index contributed by atoms with van der Waals surface area (Å²) in [6.45, 7) is 1.23. The third-order valence-electron chi connectivity index (χ3n) is 4.00. The van der Waals surface area contributed by atoms with Crippen molar-refractivity contribution in [2.75, 3.05) is 12.8 Å². The van der Waals surface area contributed by atoms with Gasteiger partial charge in [-0.1, -0.05) is 36.0 Å². The first-order valence-corrected chi connectivity index (χ1v) is 10.3. The molecule has 32 heavy (non-hydrogen) atoms. The molecule has 1 unspecified atom stereocenters. The van der Waals surface area contributed by atoms with E-state index in [9.17, 15) is 24.3 Å². The number of phenols is 1. The van der Waals surface area contributed by atoms with Gasteiger partial charge in [-0.25, -0.2) is 4.79 Å². The van der Waals surface area contributed by atoms with E-state index in [0.29, 0.717) is 0 Å². The number of guanidine groups is 1. The van der Waals surface area contributed by atoms with Crippen molar-refractivity contribution in [3.8, 4) is 11.5 Å². The van der Waals surface area contributed by atoms with Gasteiger partial charge in [-0.2, -0.15) is 0 Å². The fraction of sp³-hybridized carbons (Fsp3) is 0.190. The van der Waals surface area contributed by atoms with Gasteiger partial charge in [0.2, 0.25) is 16.9 Å². The van der Waals surface area contributed by atoms with Crippen LogP contribution in [0.15, 0.2) is 53.5 Å². The van der Waals surface area contributed by atoms with E-state index in [-0.39, 0.29) is 34.3 Å². The molecule has 0 bridgehead atoms. The molecule has 0 fully saturated rings. The van der Waals surface area contributed by atoms with Gasteiger partial charge in [0.25, 0.3) is 0 Å². The maximum Gasteiger partial charge on any atom is 0.347 e. The highest BCUT2D eigenvalue weighted by Gasteiger charge is 2.24. The fourth-order valence-corrected chi connectivity index (χ4v) is 3.34. The van der Waals surface area contributed by atoms with Gasteiger partial charge >= 0.3 is 5.97 Å². The summed E-state index contributed by atoms with van der Waals surface area (Å²) >= 11 is 0.747. The minimum atomic E-state index is -1.06. The first-order chi connectivity index (χ1) is 15.2. The van der Waals surface area contributed by atoms with Crippen LogP contribution < -0.4 is 21.1 Å². The molecular formula is C21H22N4O6S. The average Bonchev–Trinajstić information content (AvgIpc) is 2.76. The molecule has 0 heterocycles. The number of carbonyl (C=O) groups excluding carboxylic acids is 4. The van der Waals surface area contributed by atoms with Crippen molar-refractivity contribution in [3.05, 3.63) is 59.7 Å². The van der Waals surface area contributed by atoms with Gasteiger partial charge in [0.1, 0.15) is 23.1 Å². The van der Waals surface area contributed by atoms with Gasteiger partial charge in [0, 0.05) is 19.7 Å². The first kappa shape index (κ1) is 24.4.